The molecule has 0 spiro atoms. The second-order valence-corrected chi connectivity index (χ2v) is 14.6. The Kier molecular flexibility index (Phi) is 10.7. The Morgan fingerprint density at radius 2 is 0.758 bits per heavy atom. The molecule has 0 bridgehead atoms. The number of rotatable bonds is 13. The molecule has 3 aromatic carbocycles. The van der Waals surface area contributed by atoms with Crippen molar-refractivity contribution >= 4 is 39.1 Å². The minimum atomic E-state index is -2.08. The van der Waals surface area contributed by atoms with E-state index in [4.69, 9.17) is 0 Å². The van der Waals surface area contributed by atoms with Crippen LogP contribution in [0.4, 0.5) is 0 Å². The molecule has 0 aliphatic heterocycles. The maximum atomic E-state index is 3.54. The molecule has 178 valence electrons. The van der Waals surface area contributed by atoms with Gasteiger partial charge in [0.2, 0.25) is 0 Å². The standard InChI is InChI=1S/C31H42BrP/c1-26-12-18-29(19-13-26)33(30-20-14-27(2)15-21-30,31-22-16-28(3)17-23-31)25-11-9-7-5-4-6-8-10-24-32/h12-23,33H,4-11,24-25H2,1-3H3. The van der Waals surface area contributed by atoms with E-state index in [1.807, 2.05) is 0 Å². The Morgan fingerprint density at radius 1 is 0.455 bits per heavy atom. The first-order valence-electron chi connectivity index (χ1n) is 12.8. The molecule has 0 N–H and O–H groups in total. The number of halogens is 1. The van der Waals surface area contributed by atoms with Gasteiger partial charge >= 0.3 is 212 Å². The molecule has 2 heteroatoms. The van der Waals surface area contributed by atoms with Gasteiger partial charge in [-0.25, -0.2) is 0 Å². The van der Waals surface area contributed by atoms with Gasteiger partial charge in [-0.2, -0.15) is 0 Å². The Balaban J connectivity index is 1.86. The van der Waals surface area contributed by atoms with Gasteiger partial charge in [0.1, 0.15) is 0 Å². The van der Waals surface area contributed by atoms with Crippen LogP contribution in [0.15, 0.2) is 72.8 Å². The second-order valence-electron chi connectivity index (χ2n) is 9.77. The first-order valence-corrected chi connectivity index (χ1v) is 16.2. The SMILES string of the molecule is Cc1ccc([PH](CCCCCCCCCCBr)(c2ccc(C)cc2)c2ccc(C)cc2)cc1. The molecule has 3 rings (SSSR count). The van der Waals surface area contributed by atoms with Crippen LogP contribution in [0.2, 0.25) is 0 Å². The van der Waals surface area contributed by atoms with Crippen molar-refractivity contribution in [3.05, 3.63) is 89.5 Å². The first-order chi connectivity index (χ1) is 16.1. The van der Waals surface area contributed by atoms with Gasteiger partial charge in [0.05, 0.1) is 0 Å². The van der Waals surface area contributed by atoms with Crippen LogP contribution in [0, 0.1) is 20.8 Å². The van der Waals surface area contributed by atoms with E-state index in [1.54, 1.807) is 15.9 Å². The molecule has 0 amide bonds. The van der Waals surface area contributed by atoms with Gasteiger partial charge in [-0.3, -0.25) is 0 Å². The summed E-state index contributed by atoms with van der Waals surface area (Å²) in [6.45, 7) is 6.59. The molecule has 3 aromatic rings. The zero-order chi connectivity index (χ0) is 23.5. The van der Waals surface area contributed by atoms with Crippen molar-refractivity contribution in [2.75, 3.05) is 11.5 Å². The summed E-state index contributed by atoms with van der Waals surface area (Å²) in [4.78, 5) is 0. The van der Waals surface area contributed by atoms with E-state index < -0.39 is 7.26 Å². The number of alkyl halides is 1. The fourth-order valence-electron chi connectivity index (χ4n) is 4.99. The van der Waals surface area contributed by atoms with Crippen LogP contribution in [-0.4, -0.2) is 11.5 Å². The van der Waals surface area contributed by atoms with Crippen molar-refractivity contribution in [1.82, 2.24) is 0 Å². The third-order valence-electron chi connectivity index (χ3n) is 7.07. The van der Waals surface area contributed by atoms with E-state index in [0.29, 0.717) is 0 Å². The van der Waals surface area contributed by atoms with Crippen molar-refractivity contribution < 1.29 is 0 Å². The van der Waals surface area contributed by atoms with Crippen molar-refractivity contribution in [2.45, 2.75) is 72.1 Å². The van der Waals surface area contributed by atoms with Gasteiger partial charge in [0.15, 0.2) is 0 Å². The Labute approximate surface area is 211 Å². The topological polar surface area (TPSA) is 0 Å². The van der Waals surface area contributed by atoms with Crippen LogP contribution in [0.5, 0.6) is 0 Å². The fraction of sp³-hybridized carbons (Fsp3) is 0.419. The molecule has 0 radical (unpaired) electrons. The number of aryl methyl sites for hydroxylation is 3. The predicted octanol–water partition coefficient (Wildman–Crippen LogP) is 8.15. The average Bonchev–Trinajstić information content (AvgIpc) is 2.83. The molecule has 0 aliphatic rings. The summed E-state index contributed by atoms with van der Waals surface area (Å²) in [6.07, 6.45) is 12.2. The second kappa shape index (κ2) is 13.5. The number of unbranched alkanes of at least 4 members (excludes halogenated alkanes) is 7. The Bertz CT molecular complexity index is 831. The summed E-state index contributed by atoms with van der Waals surface area (Å²) in [6, 6.07) is 28.4. The minimum absolute atomic E-state index is 1.15. The van der Waals surface area contributed by atoms with Crippen LogP contribution in [0.25, 0.3) is 0 Å². The summed E-state index contributed by atoms with van der Waals surface area (Å²) in [5.41, 5.74) is 4.03. The normalized spacial score (nSPS) is 12.1. The summed E-state index contributed by atoms with van der Waals surface area (Å²) < 4.78 is 0. The summed E-state index contributed by atoms with van der Waals surface area (Å²) in [7, 11) is -2.08. The molecular formula is C31H42BrP. The molecule has 0 unspecified atom stereocenters. The third-order valence-corrected chi connectivity index (χ3v) is 12.7. The molecule has 0 heterocycles. The maximum absolute atomic E-state index is 3.54. The van der Waals surface area contributed by atoms with Crippen LogP contribution in [0.1, 0.15) is 68.1 Å². The summed E-state index contributed by atoms with van der Waals surface area (Å²) >= 11 is 3.54. The quantitative estimate of drug-likeness (QED) is 0.120. The molecule has 0 saturated heterocycles. The van der Waals surface area contributed by atoms with Crippen molar-refractivity contribution in [2.24, 2.45) is 0 Å². The number of benzene rings is 3. The number of hydrogen-bond donors (Lipinski definition) is 0. The van der Waals surface area contributed by atoms with Crippen molar-refractivity contribution in [1.29, 1.82) is 0 Å². The molecule has 0 aromatic heterocycles. The van der Waals surface area contributed by atoms with E-state index in [0.717, 1.165) is 5.33 Å². The van der Waals surface area contributed by atoms with E-state index in [9.17, 15) is 0 Å². The van der Waals surface area contributed by atoms with Crippen LogP contribution >= 0.6 is 23.2 Å². The van der Waals surface area contributed by atoms with E-state index >= 15 is 0 Å². The molecule has 0 saturated carbocycles. The average molecular weight is 526 g/mol. The summed E-state index contributed by atoms with van der Waals surface area (Å²) in [5.74, 6) is 0. The van der Waals surface area contributed by atoms with E-state index in [-0.39, 0.29) is 0 Å². The molecule has 0 nitrogen and oxygen atoms in total. The van der Waals surface area contributed by atoms with Gasteiger partial charge in [-0.05, 0) is 0 Å². The van der Waals surface area contributed by atoms with Crippen LogP contribution in [0.3, 0.4) is 0 Å². The Hall–Kier alpha value is -1.43. The van der Waals surface area contributed by atoms with Gasteiger partial charge < -0.3 is 0 Å². The summed E-state index contributed by atoms with van der Waals surface area (Å²) in [5, 5.41) is 5.80. The molecule has 0 fully saturated rings. The predicted molar refractivity (Wildman–Crippen MR) is 156 cm³/mol. The van der Waals surface area contributed by atoms with E-state index in [2.05, 4.69) is 109 Å². The van der Waals surface area contributed by atoms with Gasteiger partial charge in [0, 0.05) is 0 Å². The van der Waals surface area contributed by atoms with Crippen molar-refractivity contribution in [3.63, 3.8) is 0 Å². The first kappa shape index (κ1) is 26.2. The van der Waals surface area contributed by atoms with Gasteiger partial charge in [0.25, 0.3) is 0 Å². The zero-order valence-corrected chi connectivity index (χ0v) is 23.5. The molecule has 0 aliphatic carbocycles. The van der Waals surface area contributed by atoms with Gasteiger partial charge in [-0.15, -0.1) is 0 Å². The van der Waals surface area contributed by atoms with Crippen molar-refractivity contribution in [3.8, 4) is 0 Å². The third kappa shape index (κ3) is 7.27. The fourth-order valence-corrected chi connectivity index (χ4v) is 10.2. The Morgan fingerprint density at radius 3 is 1.09 bits per heavy atom. The van der Waals surface area contributed by atoms with Crippen LogP contribution < -0.4 is 15.9 Å². The molecular weight excluding hydrogens is 483 g/mol. The van der Waals surface area contributed by atoms with Gasteiger partial charge in [-0.1, -0.05) is 0 Å². The van der Waals surface area contributed by atoms with E-state index in [1.165, 1.54) is 74.2 Å². The molecule has 33 heavy (non-hydrogen) atoms. The molecule has 0 atom stereocenters. The number of hydrogen-bond acceptors (Lipinski definition) is 0. The monoisotopic (exact) mass is 524 g/mol. The van der Waals surface area contributed by atoms with Crippen LogP contribution in [-0.2, 0) is 0 Å². The zero-order valence-electron chi connectivity index (χ0n) is 20.9.